The molecule has 0 spiro atoms. The van der Waals surface area contributed by atoms with E-state index < -0.39 is 28.0 Å². The zero-order valence-electron chi connectivity index (χ0n) is 17.1. The van der Waals surface area contributed by atoms with Gasteiger partial charge in [-0.25, -0.2) is 4.79 Å². The highest BCUT2D eigenvalue weighted by Gasteiger charge is 2.48. The first-order valence-electron chi connectivity index (χ1n) is 9.66. The summed E-state index contributed by atoms with van der Waals surface area (Å²) in [5.74, 6) is -1.60. The molecule has 8 nitrogen and oxygen atoms in total. The number of ether oxygens (including phenoxy) is 1. The Labute approximate surface area is 183 Å². The maximum atomic E-state index is 13.5. The first-order valence-corrected chi connectivity index (χ1v) is 10.0. The number of nitro groups is 1. The molecule has 0 unspecified atom stereocenters. The smallest absolute Gasteiger partial charge is 0.338 e. The van der Waals surface area contributed by atoms with Crippen LogP contribution in [0.5, 0.6) is 0 Å². The SMILES string of the molecule is COC(=O)c1cc(C(=O)N(C)[C@@]2(c3ccccc3Cl)CCCCC2=O)cc([N+](=O)[O-])c1. The third-order valence-electron chi connectivity index (χ3n) is 5.65. The van der Waals surface area contributed by atoms with Crippen molar-refractivity contribution in [2.75, 3.05) is 14.2 Å². The lowest BCUT2D eigenvalue weighted by Gasteiger charge is -2.44. The minimum atomic E-state index is -1.30. The molecule has 162 valence electrons. The van der Waals surface area contributed by atoms with Crippen LogP contribution in [0.2, 0.25) is 5.02 Å². The molecular formula is C22H21ClN2O6. The lowest BCUT2D eigenvalue weighted by Crippen LogP contribution is -2.54. The Balaban J connectivity index is 2.14. The maximum absolute atomic E-state index is 13.5. The maximum Gasteiger partial charge on any atom is 0.338 e. The lowest BCUT2D eigenvalue weighted by molar-refractivity contribution is -0.384. The molecule has 9 heteroatoms. The fraction of sp³-hybridized carbons (Fsp3) is 0.318. The van der Waals surface area contributed by atoms with Crippen molar-refractivity contribution in [2.24, 2.45) is 0 Å². The van der Waals surface area contributed by atoms with Crippen LogP contribution in [0.1, 0.15) is 52.0 Å². The van der Waals surface area contributed by atoms with Gasteiger partial charge < -0.3 is 9.64 Å². The van der Waals surface area contributed by atoms with Gasteiger partial charge in [-0.1, -0.05) is 29.8 Å². The molecule has 31 heavy (non-hydrogen) atoms. The average Bonchev–Trinajstić information content (AvgIpc) is 2.78. The predicted octanol–water partition coefficient (Wildman–Crippen LogP) is 4.15. The molecule has 0 saturated heterocycles. The van der Waals surface area contributed by atoms with E-state index in [-0.39, 0.29) is 23.3 Å². The molecule has 1 atom stereocenters. The van der Waals surface area contributed by atoms with E-state index in [1.165, 1.54) is 18.0 Å². The van der Waals surface area contributed by atoms with Gasteiger partial charge in [-0.05, 0) is 31.4 Å². The fourth-order valence-corrected chi connectivity index (χ4v) is 4.36. The molecule has 1 aliphatic carbocycles. The highest BCUT2D eigenvalue weighted by atomic mass is 35.5. The second-order valence-corrected chi connectivity index (χ2v) is 7.76. The van der Waals surface area contributed by atoms with Crippen LogP contribution in [0.15, 0.2) is 42.5 Å². The van der Waals surface area contributed by atoms with E-state index in [0.717, 1.165) is 19.2 Å². The summed E-state index contributed by atoms with van der Waals surface area (Å²) in [5, 5.41) is 11.7. The third kappa shape index (κ3) is 4.03. The van der Waals surface area contributed by atoms with E-state index in [9.17, 15) is 24.5 Å². The first-order chi connectivity index (χ1) is 14.7. The van der Waals surface area contributed by atoms with Crippen molar-refractivity contribution in [1.82, 2.24) is 4.90 Å². The zero-order chi connectivity index (χ0) is 22.8. The number of carbonyl (C=O) groups excluding carboxylic acids is 3. The van der Waals surface area contributed by atoms with Gasteiger partial charge in [0.1, 0.15) is 5.54 Å². The molecule has 1 amide bonds. The third-order valence-corrected chi connectivity index (χ3v) is 5.98. The standard InChI is InChI=1S/C22H21ClN2O6/c1-24(20(27)14-11-15(21(28)31-2)13-16(12-14)25(29)30)22(10-6-5-9-19(22)26)17-7-3-4-8-18(17)23/h3-4,7-8,11-13H,5-6,9-10H2,1-2H3/t22-/m1/s1. The highest BCUT2D eigenvalue weighted by molar-refractivity contribution is 6.31. The van der Waals surface area contributed by atoms with Crippen LogP contribution >= 0.6 is 11.6 Å². The summed E-state index contributed by atoms with van der Waals surface area (Å²) in [6, 6.07) is 10.2. The highest BCUT2D eigenvalue weighted by Crippen LogP contribution is 2.42. The second kappa shape index (κ2) is 8.85. The quantitative estimate of drug-likeness (QED) is 0.389. The van der Waals surface area contributed by atoms with E-state index in [2.05, 4.69) is 4.74 Å². The van der Waals surface area contributed by atoms with Gasteiger partial charge in [0.2, 0.25) is 0 Å². The number of amides is 1. The van der Waals surface area contributed by atoms with E-state index in [4.69, 9.17) is 11.6 Å². The number of nitro benzene ring substituents is 1. The number of hydrogen-bond donors (Lipinski definition) is 0. The van der Waals surface area contributed by atoms with Gasteiger partial charge in [-0.15, -0.1) is 0 Å². The number of benzene rings is 2. The van der Waals surface area contributed by atoms with Crippen molar-refractivity contribution in [3.63, 3.8) is 0 Å². The minimum absolute atomic E-state index is 0.0955. The molecular weight excluding hydrogens is 424 g/mol. The molecule has 0 aromatic heterocycles. The van der Waals surface area contributed by atoms with Gasteiger partial charge in [-0.3, -0.25) is 19.7 Å². The van der Waals surface area contributed by atoms with Crippen LogP contribution in [0.25, 0.3) is 0 Å². The van der Waals surface area contributed by atoms with Crippen molar-refractivity contribution in [1.29, 1.82) is 0 Å². The Morgan fingerprint density at radius 3 is 2.45 bits per heavy atom. The summed E-state index contributed by atoms with van der Waals surface area (Å²) in [5.41, 5.74) is -1.45. The summed E-state index contributed by atoms with van der Waals surface area (Å²) in [4.78, 5) is 50.6. The molecule has 2 aromatic rings. The summed E-state index contributed by atoms with van der Waals surface area (Å²) < 4.78 is 4.65. The van der Waals surface area contributed by atoms with E-state index >= 15 is 0 Å². The summed E-state index contributed by atoms with van der Waals surface area (Å²) in [6.45, 7) is 0. The number of Topliss-reactive ketones (excluding diaryl/α,β-unsaturated/α-hetero) is 1. The minimum Gasteiger partial charge on any atom is -0.465 e. The topological polar surface area (TPSA) is 107 Å². The molecule has 0 radical (unpaired) electrons. The second-order valence-electron chi connectivity index (χ2n) is 7.35. The summed E-state index contributed by atoms with van der Waals surface area (Å²) in [6.07, 6.45) is 2.06. The Kier molecular flexibility index (Phi) is 6.40. The van der Waals surface area contributed by atoms with E-state index in [0.29, 0.717) is 29.8 Å². The van der Waals surface area contributed by atoms with Crippen LogP contribution in [-0.4, -0.2) is 41.6 Å². The van der Waals surface area contributed by atoms with Gasteiger partial charge in [0.25, 0.3) is 11.6 Å². The average molecular weight is 445 g/mol. The molecule has 3 rings (SSSR count). The largest absolute Gasteiger partial charge is 0.465 e. The molecule has 0 aliphatic heterocycles. The zero-order valence-corrected chi connectivity index (χ0v) is 17.8. The normalized spacial score (nSPS) is 18.4. The van der Waals surface area contributed by atoms with Crippen LogP contribution in [-0.2, 0) is 15.1 Å². The van der Waals surface area contributed by atoms with Crippen molar-refractivity contribution < 1.29 is 24.0 Å². The van der Waals surface area contributed by atoms with Crippen LogP contribution < -0.4 is 0 Å². The number of nitrogens with zero attached hydrogens (tertiary/aromatic N) is 2. The molecule has 0 N–H and O–H groups in total. The van der Waals surface area contributed by atoms with E-state index in [1.54, 1.807) is 24.3 Å². The molecule has 2 aromatic carbocycles. The number of methoxy groups -OCH3 is 1. The Bertz CT molecular complexity index is 1070. The van der Waals surface area contributed by atoms with Crippen LogP contribution in [0.3, 0.4) is 0 Å². The number of rotatable bonds is 5. The van der Waals surface area contributed by atoms with Gasteiger partial charge in [0, 0.05) is 41.8 Å². The summed E-state index contributed by atoms with van der Waals surface area (Å²) >= 11 is 6.42. The number of ketones is 1. The van der Waals surface area contributed by atoms with Crippen molar-refractivity contribution in [2.45, 2.75) is 31.2 Å². The molecule has 1 saturated carbocycles. The Morgan fingerprint density at radius 2 is 1.84 bits per heavy atom. The number of esters is 1. The Morgan fingerprint density at radius 1 is 1.16 bits per heavy atom. The van der Waals surface area contributed by atoms with Crippen molar-refractivity contribution in [3.8, 4) is 0 Å². The lowest BCUT2D eigenvalue weighted by atomic mass is 9.74. The number of halogens is 1. The number of likely N-dealkylation sites (N-methyl/N-ethyl adjacent to an activating group) is 1. The van der Waals surface area contributed by atoms with Gasteiger partial charge in [0.15, 0.2) is 5.78 Å². The number of hydrogen-bond acceptors (Lipinski definition) is 6. The molecule has 0 heterocycles. The predicted molar refractivity (Wildman–Crippen MR) is 113 cm³/mol. The van der Waals surface area contributed by atoms with E-state index in [1.807, 2.05) is 0 Å². The monoisotopic (exact) mass is 444 g/mol. The van der Waals surface area contributed by atoms with Gasteiger partial charge in [0.05, 0.1) is 17.6 Å². The number of non-ortho nitro benzene ring substituents is 1. The summed E-state index contributed by atoms with van der Waals surface area (Å²) in [7, 11) is 2.62. The Hall–Kier alpha value is -3.26. The van der Waals surface area contributed by atoms with Crippen molar-refractivity contribution in [3.05, 3.63) is 74.3 Å². The van der Waals surface area contributed by atoms with Gasteiger partial charge >= 0.3 is 5.97 Å². The molecule has 1 aliphatic rings. The van der Waals surface area contributed by atoms with Crippen LogP contribution in [0.4, 0.5) is 5.69 Å². The molecule has 1 fully saturated rings. The number of carbonyl (C=O) groups is 3. The van der Waals surface area contributed by atoms with Crippen LogP contribution in [0, 0.1) is 10.1 Å². The first kappa shape index (κ1) is 22.4. The molecule has 0 bridgehead atoms. The van der Waals surface area contributed by atoms with Gasteiger partial charge in [-0.2, -0.15) is 0 Å². The fourth-order valence-electron chi connectivity index (χ4n) is 4.07. The van der Waals surface area contributed by atoms with Crippen molar-refractivity contribution >= 4 is 34.9 Å².